The fourth-order valence-corrected chi connectivity index (χ4v) is 7.38. The number of aliphatic hydroxyl groups is 1. The van der Waals surface area contributed by atoms with Crippen molar-refractivity contribution in [1.29, 1.82) is 0 Å². The maximum atomic E-state index is 10.2. The highest BCUT2D eigenvalue weighted by atomic mass is 32.1. The van der Waals surface area contributed by atoms with Crippen LogP contribution in [0.5, 0.6) is 0 Å². The lowest BCUT2D eigenvalue weighted by Gasteiger charge is -2.34. The van der Waals surface area contributed by atoms with E-state index in [4.69, 9.17) is 23.7 Å². The van der Waals surface area contributed by atoms with Gasteiger partial charge in [-0.15, -0.1) is 11.3 Å². The molecule has 1 saturated carbocycles. The lowest BCUT2D eigenvalue weighted by Crippen LogP contribution is -2.34. The Kier molecular flexibility index (Phi) is 7.50. The Morgan fingerprint density at radius 1 is 1.03 bits per heavy atom. The van der Waals surface area contributed by atoms with Crippen molar-refractivity contribution in [3.05, 3.63) is 47.4 Å². The number of rotatable bonds is 7. The minimum absolute atomic E-state index is 0.00411. The van der Waals surface area contributed by atoms with Crippen LogP contribution in [0.25, 0.3) is 10.1 Å². The van der Waals surface area contributed by atoms with E-state index in [2.05, 4.69) is 49.4 Å². The molecule has 1 aromatic heterocycles. The van der Waals surface area contributed by atoms with Crippen LogP contribution in [0, 0.1) is 11.8 Å². The Hall–Kier alpha value is -1.32. The van der Waals surface area contributed by atoms with Gasteiger partial charge in [0, 0.05) is 41.6 Å². The molecule has 0 bridgehead atoms. The average molecular weight is 515 g/mol. The first-order valence-electron chi connectivity index (χ1n) is 13.7. The Labute approximate surface area is 217 Å². The first-order chi connectivity index (χ1) is 17.6. The Balaban J connectivity index is 1.29. The van der Waals surface area contributed by atoms with Crippen LogP contribution in [0.2, 0.25) is 0 Å². The topological polar surface area (TPSA) is 66.4 Å². The smallest absolute Gasteiger partial charge is 0.159 e. The van der Waals surface area contributed by atoms with Crippen molar-refractivity contribution in [3.8, 4) is 0 Å². The van der Waals surface area contributed by atoms with Gasteiger partial charge in [0.2, 0.25) is 0 Å². The summed E-state index contributed by atoms with van der Waals surface area (Å²) in [5.74, 6) is 0.352. The zero-order valence-corrected chi connectivity index (χ0v) is 21.9. The predicted molar refractivity (Wildman–Crippen MR) is 139 cm³/mol. The van der Waals surface area contributed by atoms with Crippen LogP contribution >= 0.6 is 11.3 Å². The molecule has 0 amide bonds. The minimum Gasteiger partial charge on any atom is -0.368 e. The predicted octanol–water partition coefficient (Wildman–Crippen LogP) is 5.87. The van der Waals surface area contributed by atoms with Crippen molar-refractivity contribution in [2.45, 2.75) is 95.0 Å². The summed E-state index contributed by atoms with van der Waals surface area (Å²) in [6.07, 6.45) is 11.2. The van der Waals surface area contributed by atoms with Gasteiger partial charge in [0.25, 0.3) is 0 Å². The zero-order chi connectivity index (χ0) is 24.5. The van der Waals surface area contributed by atoms with Gasteiger partial charge in [0.15, 0.2) is 18.9 Å². The molecule has 4 unspecified atom stereocenters. The summed E-state index contributed by atoms with van der Waals surface area (Å²) in [5.41, 5.74) is -0.631. The van der Waals surface area contributed by atoms with Crippen LogP contribution in [0.1, 0.15) is 63.2 Å². The van der Waals surface area contributed by atoms with Crippen LogP contribution < -0.4 is 0 Å². The molecule has 196 valence electrons. The van der Waals surface area contributed by atoms with E-state index >= 15 is 0 Å². The number of hydrogen-bond acceptors (Lipinski definition) is 7. The lowest BCUT2D eigenvalue weighted by atomic mass is 9.89. The van der Waals surface area contributed by atoms with Gasteiger partial charge in [-0.25, -0.2) is 0 Å². The van der Waals surface area contributed by atoms with E-state index in [9.17, 15) is 5.11 Å². The quantitative estimate of drug-likeness (QED) is 0.466. The van der Waals surface area contributed by atoms with E-state index in [1.807, 2.05) is 0 Å². The molecule has 1 aliphatic carbocycles. The molecule has 3 aliphatic heterocycles. The zero-order valence-electron chi connectivity index (χ0n) is 21.1. The van der Waals surface area contributed by atoms with Gasteiger partial charge in [-0.3, -0.25) is 0 Å². The fraction of sp³-hybridized carbons (Fsp3) is 0.655. The molecule has 2 aromatic rings. The molecule has 8 atom stereocenters. The van der Waals surface area contributed by atoms with Crippen LogP contribution in [-0.2, 0) is 29.3 Å². The molecule has 36 heavy (non-hydrogen) atoms. The second kappa shape index (κ2) is 10.8. The van der Waals surface area contributed by atoms with Crippen molar-refractivity contribution in [3.63, 3.8) is 0 Å². The first-order valence-corrected chi connectivity index (χ1v) is 14.5. The summed E-state index contributed by atoms with van der Waals surface area (Å²) in [6.45, 7) is 3.66. The summed E-state index contributed by atoms with van der Waals surface area (Å²) in [7, 11) is 0. The SMILES string of the molecule is CC(/C=C/[C@@H]1[C@H]2CC(O)O[C@H]2C[C@H]1OC1CCCCO1)(OC1CCCCO1)c1cc2ccccc2s1. The highest BCUT2D eigenvalue weighted by Crippen LogP contribution is 2.47. The lowest BCUT2D eigenvalue weighted by molar-refractivity contribution is -0.209. The van der Waals surface area contributed by atoms with Gasteiger partial charge in [-0.1, -0.05) is 30.4 Å². The summed E-state index contributed by atoms with van der Waals surface area (Å²) in [6, 6.07) is 10.7. The number of ether oxygens (including phenoxy) is 5. The summed E-state index contributed by atoms with van der Waals surface area (Å²) < 4.78 is 32.3. The van der Waals surface area contributed by atoms with Gasteiger partial charge in [0.05, 0.1) is 12.2 Å². The van der Waals surface area contributed by atoms with Gasteiger partial charge in [0.1, 0.15) is 5.60 Å². The molecule has 0 radical (unpaired) electrons. The number of benzene rings is 1. The van der Waals surface area contributed by atoms with Gasteiger partial charge in [-0.2, -0.15) is 0 Å². The number of aliphatic hydroxyl groups excluding tert-OH is 1. The normalized spacial score (nSPS) is 36.9. The number of hydrogen-bond donors (Lipinski definition) is 1. The standard InChI is InChI=1S/C29H38O6S/c1-29(35-28-11-5-7-15-32-28,25-16-19-8-2-3-9-24(19)36-25)13-12-20-21-17-26(30)33-23(21)18-22(20)34-27-10-4-6-14-31-27/h2-3,8-9,12-13,16,20-23,26-28,30H,4-7,10-11,14-15,17-18H2,1H3/b13-12+/t20-,21-,22-,23+,26?,27?,28?,29?/m1/s1. The van der Waals surface area contributed by atoms with Crippen LogP contribution in [-0.4, -0.2) is 49.4 Å². The molecule has 3 saturated heterocycles. The molecule has 6 rings (SSSR count). The fourth-order valence-electron chi connectivity index (χ4n) is 6.24. The summed E-state index contributed by atoms with van der Waals surface area (Å²) in [5, 5.41) is 11.4. The monoisotopic (exact) mass is 514 g/mol. The molecular formula is C29H38O6S. The second-order valence-corrected chi connectivity index (χ2v) is 11.9. The van der Waals surface area contributed by atoms with Crippen molar-refractivity contribution in [2.75, 3.05) is 13.2 Å². The molecule has 4 aliphatic rings. The Morgan fingerprint density at radius 3 is 2.56 bits per heavy atom. The highest BCUT2D eigenvalue weighted by Gasteiger charge is 2.50. The molecule has 4 heterocycles. The van der Waals surface area contributed by atoms with Crippen molar-refractivity contribution >= 4 is 21.4 Å². The Morgan fingerprint density at radius 2 is 1.81 bits per heavy atom. The van der Waals surface area contributed by atoms with E-state index in [1.165, 1.54) is 15.0 Å². The average Bonchev–Trinajstić information content (AvgIpc) is 3.57. The third-order valence-electron chi connectivity index (χ3n) is 8.20. The maximum Gasteiger partial charge on any atom is 0.159 e. The molecular weight excluding hydrogens is 476 g/mol. The largest absolute Gasteiger partial charge is 0.368 e. The second-order valence-electron chi connectivity index (χ2n) is 10.8. The van der Waals surface area contributed by atoms with Crippen molar-refractivity contribution in [2.24, 2.45) is 11.8 Å². The van der Waals surface area contributed by atoms with Crippen LogP contribution in [0.3, 0.4) is 0 Å². The van der Waals surface area contributed by atoms with E-state index in [1.54, 1.807) is 11.3 Å². The minimum atomic E-state index is -0.691. The van der Waals surface area contributed by atoms with Crippen LogP contribution in [0.4, 0.5) is 0 Å². The highest BCUT2D eigenvalue weighted by molar-refractivity contribution is 7.19. The third kappa shape index (κ3) is 5.30. The maximum absolute atomic E-state index is 10.2. The Bertz CT molecular complexity index is 1010. The number of thiophene rings is 1. The third-order valence-corrected chi connectivity index (χ3v) is 9.54. The van der Waals surface area contributed by atoms with Crippen molar-refractivity contribution in [1.82, 2.24) is 0 Å². The van der Waals surface area contributed by atoms with Gasteiger partial charge < -0.3 is 28.8 Å². The van der Waals surface area contributed by atoms with Gasteiger partial charge in [-0.05, 0) is 68.9 Å². The summed E-state index contributed by atoms with van der Waals surface area (Å²) in [4.78, 5) is 1.17. The first kappa shape index (κ1) is 25.0. The van der Waals surface area contributed by atoms with E-state index in [-0.39, 0.29) is 36.6 Å². The molecule has 0 spiro atoms. The van der Waals surface area contributed by atoms with Crippen molar-refractivity contribution < 1.29 is 28.8 Å². The van der Waals surface area contributed by atoms with Crippen LogP contribution in [0.15, 0.2) is 42.5 Å². The molecule has 6 nitrogen and oxygen atoms in total. The molecule has 1 aromatic carbocycles. The van der Waals surface area contributed by atoms with E-state index < -0.39 is 11.9 Å². The molecule has 4 fully saturated rings. The van der Waals surface area contributed by atoms with E-state index in [0.717, 1.165) is 58.2 Å². The molecule has 7 heteroatoms. The molecule has 1 N–H and O–H groups in total. The number of fused-ring (bicyclic) bond motifs is 2. The summed E-state index contributed by atoms with van der Waals surface area (Å²) >= 11 is 1.78. The van der Waals surface area contributed by atoms with E-state index in [0.29, 0.717) is 6.42 Å². The van der Waals surface area contributed by atoms with Gasteiger partial charge >= 0.3 is 0 Å².